The molecule has 0 radical (unpaired) electrons. The highest BCUT2D eigenvalue weighted by Gasteiger charge is 2.21. The van der Waals surface area contributed by atoms with E-state index in [9.17, 15) is 0 Å². The fourth-order valence-corrected chi connectivity index (χ4v) is 3.88. The molecule has 1 aromatic carbocycles. The zero-order chi connectivity index (χ0) is 18.2. The summed E-state index contributed by atoms with van der Waals surface area (Å²) in [7, 11) is 0. The number of thioether (sulfide) groups is 1. The van der Waals surface area contributed by atoms with Gasteiger partial charge in [0.1, 0.15) is 0 Å². The zero-order valence-corrected chi connectivity index (χ0v) is 17.2. The monoisotopic (exact) mass is 359 g/mol. The zero-order valence-electron chi connectivity index (χ0n) is 16.4. The molecule has 1 aliphatic heterocycles. The maximum Gasteiger partial charge on any atom is 0.0695 e. The van der Waals surface area contributed by atoms with Crippen LogP contribution in [0.3, 0.4) is 0 Å². The van der Waals surface area contributed by atoms with Crippen molar-refractivity contribution in [2.75, 3.05) is 11.5 Å². The molecule has 138 valence electrons. The average molecular weight is 360 g/mol. The average Bonchev–Trinajstić information content (AvgIpc) is 3.01. The van der Waals surface area contributed by atoms with Crippen molar-refractivity contribution >= 4 is 23.7 Å². The third-order valence-corrected chi connectivity index (χ3v) is 6.13. The number of rotatable bonds is 8. The SMILES string of the molecule is C/C(CSCC1CCC(C)O1)=C(\N=CC(C)C(C)C)c1ccccc1. The van der Waals surface area contributed by atoms with E-state index in [0.29, 0.717) is 24.0 Å². The maximum absolute atomic E-state index is 5.93. The Hall–Kier alpha value is -1.06. The Morgan fingerprint density at radius 3 is 2.56 bits per heavy atom. The molecule has 3 heteroatoms. The Morgan fingerprint density at radius 2 is 1.96 bits per heavy atom. The van der Waals surface area contributed by atoms with E-state index in [1.807, 2.05) is 11.8 Å². The van der Waals surface area contributed by atoms with Gasteiger partial charge in [0.25, 0.3) is 0 Å². The first-order valence-corrected chi connectivity index (χ1v) is 10.7. The molecule has 0 spiro atoms. The molecule has 1 aromatic rings. The molecular weight excluding hydrogens is 326 g/mol. The Bertz CT molecular complexity index is 579. The molecule has 2 nitrogen and oxygen atoms in total. The molecule has 1 aliphatic rings. The summed E-state index contributed by atoms with van der Waals surface area (Å²) < 4.78 is 5.93. The predicted molar refractivity (Wildman–Crippen MR) is 112 cm³/mol. The van der Waals surface area contributed by atoms with E-state index in [1.165, 1.54) is 24.0 Å². The van der Waals surface area contributed by atoms with Crippen LogP contribution >= 0.6 is 11.8 Å². The Morgan fingerprint density at radius 1 is 1.24 bits per heavy atom. The summed E-state index contributed by atoms with van der Waals surface area (Å²) in [6.07, 6.45) is 5.38. The molecule has 3 atom stereocenters. The van der Waals surface area contributed by atoms with Crippen LogP contribution in [-0.4, -0.2) is 29.9 Å². The quantitative estimate of drug-likeness (QED) is 0.524. The summed E-state index contributed by atoms with van der Waals surface area (Å²) in [6, 6.07) is 10.5. The lowest BCUT2D eigenvalue weighted by Crippen LogP contribution is -2.11. The first-order chi connectivity index (χ1) is 12.0. The van der Waals surface area contributed by atoms with Gasteiger partial charge in [-0.3, -0.25) is 4.99 Å². The van der Waals surface area contributed by atoms with E-state index >= 15 is 0 Å². The minimum atomic E-state index is 0.428. The summed E-state index contributed by atoms with van der Waals surface area (Å²) in [5.41, 5.74) is 3.68. The Labute approximate surface area is 158 Å². The highest BCUT2D eigenvalue weighted by Crippen LogP contribution is 2.26. The molecule has 25 heavy (non-hydrogen) atoms. The topological polar surface area (TPSA) is 21.6 Å². The van der Waals surface area contributed by atoms with Gasteiger partial charge < -0.3 is 4.74 Å². The molecular formula is C22H33NOS. The van der Waals surface area contributed by atoms with E-state index in [-0.39, 0.29) is 0 Å². The van der Waals surface area contributed by atoms with Gasteiger partial charge in [-0.1, -0.05) is 51.1 Å². The molecule has 1 fully saturated rings. The lowest BCUT2D eigenvalue weighted by atomic mass is 9.99. The fourth-order valence-electron chi connectivity index (χ4n) is 2.81. The van der Waals surface area contributed by atoms with E-state index in [1.54, 1.807) is 0 Å². The largest absolute Gasteiger partial charge is 0.374 e. The van der Waals surface area contributed by atoms with Gasteiger partial charge in [-0.25, -0.2) is 0 Å². The first-order valence-electron chi connectivity index (χ1n) is 9.50. The molecule has 1 saturated heterocycles. The second-order valence-corrected chi connectivity index (χ2v) is 8.57. The van der Waals surface area contributed by atoms with Crippen LogP contribution in [-0.2, 0) is 4.74 Å². The van der Waals surface area contributed by atoms with E-state index < -0.39 is 0 Å². The number of ether oxygens (including phenoxy) is 1. The Kier molecular flexibility index (Phi) is 8.25. The number of benzene rings is 1. The lowest BCUT2D eigenvalue weighted by molar-refractivity contribution is 0.0700. The van der Waals surface area contributed by atoms with E-state index in [2.05, 4.69) is 71.2 Å². The normalized spacial score (nSPS) is 23.3. The van der Waals surface area contributed by atoms with Gasteiger partial charge in [0.15, 0.2) is 0 Å². The van der Waals surface area contributed by atoms with Crippen molar-refractivity contribution in [3.8, 4) is 0 Å². The van der Waals surface area contributed by atoms with Gasteiger partial charge >= 0.3 is 0 Å². The van der Waals surface area contributed by atoms with Gasteiger partial charge in [0.05, 0.1) is 17.9 Å². The van der Waals surface area contributed by atoms with E-state index in [0.717, 1.165) is 17.2 Å². The lowest BCUT2D eigenvalue weighted by Gasteiger charge is -2.13. The van der Waals surface area contributed by atoms with Crippen molar-refractivity contribution in [1.82, 2.24) is 0 Å². The van der Waals surface area contributed by atoms with Gasteiger partial charge in [-0.15, -0.1) is 0 Å². The van der Waals surface area contributed by atoms with Crippen molar-refractivity contribution in [2.24, 2.45) is 16.8 Å². The van der Waals surface area contributed by atoms with Crippen LogP contribution in [0.2, 0.25) is 0 Å². The van der Waals surface area contributed by atoms with Crippen LogP contribution in [0.4, 0.5) is 0 Å². The highest BCUT2D eigenvalue weighted by atomic mass is 32.2. The molecule has 0 bridgehead atoms. The smallest absolute Gasteiger partial charge is 0.0695 e. The fraction of sp³-hybridized carbons (Fsp3) is 0.591. The molecule has 0 saturated carbocycles. The summed E-state index contributed by atoms with van der Waals surface area (Å²) in [6.45, 7) is 11.1. The van der Waals surface area contributed by atoms with Crippen molar-refractivity contribution in [3.63, 3.8) is 0 Å². The highest BCUT2D eigenvalue weighted by molar-refractivity contribution is 7.99. The van der Waals surface area contributed by atoms with Gasteiger partial charge in [0, 0.05) is 23.3 Å². The number of aliphatic imine (C=N–C) groups is 1. The van der Waals surface area contributed by atoms with Crippen LogP contribution in [0, 0.1) is 11.8 Å². The molecule has 0 aliphatic carbocycles. The molecule has 2 rings (SSSR count). The summed E-state index contributed by atoms with van der Waals surface area (Å²) in [5, 5.41) is 0. The van der Waals surface area contributed by atoms with Gasteiger partial charge in [0.2, 0.25) is 0 Å². The third-order valence-electron chi connectivity index (χ3n) is 4.88. The second-order valence-electron chi connectivity index (χ2n) is 7.54. The summed E-state index contributed by atoms with van der Waals surface area (Å²) in [4.78, 5) is 4.89. The molecule has 3 unspecified atom stereocenters. The van der Waals surface area contributed by atoms with Crippen molar-refractivity contribution in [2.45, 2.75) is 59.7 Å². The maximum atomic E-state index is 5.93. The van der Waals surface area contributed by atoms with Crippen molar-refractivity contribution < 1.29 is 4.74 Å². The first kappa shape index (κ1) is 20.3. The third kappa shape index (κ3) is 6.63. The van der Waals surface area contributed by atoms with Crippen LogP contribution in [0.5, 0.6) is 0 Å². The standard InChI is InChI=1S/C22H33NOS/c1-16(2)17(3)13-23-22(20-9-7-6-8-10-20)18(4)14-25-15-21-12-11-19(5)24-21/h6-10,13,16-17,19,21H,11-12,14-15H2,1-5H3/b22-18+,23-13?. The van der Waals surface area contributed by atoms with Crippen LogP contribution in [0.1, 0.15) is 53.0 Å². The van der Waals surface area contributed by atoms with Crippen LogP contribution < -0.4 is 0 Å². The molecule has 1 heterocycles. The number of hydrogen-bond acceptors (Lipinski definition) is 3. The van der Waals surface area contributed by atoms with Crippen molar-refractivity contribution in [1.29, 1.82) is 0 Å². The molecule has 0 aromatic heterocycles. The molecule has 0 amide bonds. The summed E-state index contributed by atoms with van der Waals surface area (Å²) in [5.74, 6) is 3.17. The molecule has 0 N–H and O–H groups in total. The Balaban J connectivity index is 2.05. The predicted octanol–water partition coefficient (Wildman–Crippen LogP) is 6.08. The minimum absolute atomic E-state index is 0.428. The second kappa shape index (κ2) is 10.2. The van der Waals surface area contributed by atoms with E-state index in [4.69, 9.17) is 9.73 Å². The van der Waals surface area contributed by atoms with Crippen molar-refractivity contribution in [3.05, 3.63) is 41.5 Å². The van der Waals surface area contributed by atoms with Gasteiger partial charge in [-0.2, -0.15) is 11.8 Å². The van der Waals surface area contributed by atoms with Crippen LogP contribution in [0.25, 0.3) is 5.70 Å². The number of nitrogens with zero attached hydrogens (tertiary/aromatic N) is 1. The van der Waals surface area contributed by atoms with Gasteiger partial charge in [-0.05, 0) is 44.1 Å². The summed E-state index contributed by atoms with van der Waals surface area (Å²) >= 11 is 1.97. The van der Waals surface area contributed by atoms with Crippen LogP contribution in [0.15, 0.2) is 40.9 Å². The minimum Gasteiger partial charge on any atom is -0.374 e. The number of hydrogen-bond donors (Lipinski definition) is 0.